The van der Waals surface area contributed by atoms with E-state index in [-0.39, 0.29) is 12.5 Å². The Morgan fingerprint density at radius 2 is 1.55 bits per heavy atom. The summed E-state index contributed by atoms with van der Waals surface area (Å²) in [6.45, 7) is 1.24. The number of carbonyl (C=O) groups is 4. The molecular formula is C21H22N4O4. The first-order chi connectivity index (χ1) is 13.9. The molecule has 8 nitrogen and oxygen atoms in total. The van der Waals surface area contributed by atoms with Crippen LogP contribution in [-0.2, 0) is 26.5 Å². The van der Waals surface area contributed by atoms with Crippen molar-refractivity contribution in [3.8, 4) is 0 Å². The number of hydrogen-bond donors (Lipinski definition) is 3. The van der Waals surface area contributed by atoms with E-state index in [0.29, 0.717) is 12.1 Å². The summed E-state index contributed by atoms with van der Waals surface area (Å²) < 4.78 is 0. The predicted molar refractivity (Wildman–Crippen MR) is 105 cm³/mol. The van der Waals surface area contributed by atoms with Crippen molar-refractivity contribution in [1.82, 2.24) is 20.9 Å². The van der Waals surface area contributed by atoms with Crippen LogP contribution in [0, 0.1) is 0 Å². The Morgan fingerprint density at radius 1 is 0.931 bits per heavy atom. The highest BCUT2D eigenvalue weighted by atomic mass is 16.2. The van der Waals surface area contributed by atoms with Crippen LogP contribution in [0.5, 0.6) is 0 Å². The SMILES string of the molecule is CC1(c2ccccc2)NC(=O)N(CC(=O)NCC(=O)NCc2ccccc2)C1=O. The van der Waals surface area contributed by atoms with E-state index in [1.165, 1.54) is 0 Å². The molecule has 0 radical (unpaired) electrons. The molecule has 3 N–H and O–H groups in total. The van der Waals surface area contributed by atoms with Gasteiger partial charge >= 0.3 is 6.03 Å². The number of amides is 5. The van der Waals surface area contributed by atoms with Gasteiger partial charge in [0.1, 0.15) is 12.1 Å². The fraction of sp³-hybridized carbons (Fsp3) is 0.238. The van der Waals surface area contributed by atoms with Gasteiger partial charge in [0.15, 0.2) is 0 Å². The van der Waals surface area contributed by atoms with Gasteiger partial charge in [-0.3, -0.25) is 19.3 Å². The summed E-state index contributed by atoms with van der Waals surface area (Å²) in [4.78, 5) is 49.9. The molecule has 2 aromatic carbocycles. The molecule has 1 fully saturated rings. The average molecular weight is 394 g/mol. The summed E-state index contributed by atoms with van der Waals surface area (Å²) in [5, 5.41) is 7.75. The lowest BCUT2D eigenvalue weighted by Crippen LogP contribution is -2.45. The maximum atomic E-state index is 12.8. The van der Waals surface area contributed by atoms with Gasteiger partial charge in [0.2, 0.25) is 11.8 Å². The van der Waals surface area contributed by atoms with Crippen molar-refractivity contribution < 1.29 is 19.2 Å². The maximum absolute atomic E-state index is 12.8. The summed E-state index contributed by atoms with van der Waals surface area (Å²) in [5.74, 6) is -1.48. The maximum Gasteiger partial charge on any atom is 0.325 e. The van der Waals surface area contributed by atoms with E-state index in [9.17, 15) is 19.2 Å². The van der Waals surface area contributed by atoms with E-state index >= 15 is 0 Å². The zero-order valence-corrected chi connectivity index (χ0v) is 16.0. The highest BCUT2D eigenvalue weighted by Crippen LogP contribution is 2.28. The Bertz CT molecular complexity index is 917. The summed E-state index contributed by atoms with van der Waals surface area (Å²) in [6, 6.07) is 17.5. The lowest BCUT2D eigenvalue weighted by molar-refractivity contribution is -0.135. The first kappa shape index (κ1) is 20.1. The third kappa shape index (κ3) is 4.60. The Morgan fingerprint density at radius 3 is 2.21 bits per heavy atom. The Balaban J connectivity index is 1.51. The second kappa shape index (κ2) is 8.55. The van der Waals surface area contributed by atoms with Crippen molar-refractivity contribution in [2.24, 2.45) is 0 Å². The van der Waals surface area contributed by atoms with Gasteiger partial charge in [0, 0.05) is 6.54 Å². The molecule has 1 saturated heterocycles. The van der Waals surface area contributed by atoms with Crippen molar-refractivity contribution in [2.45, 2.75) is 19.0 Å². The molecule has 2 aromatic rings. The molecule has 1 atom stereocenters. The van der Waals surface area contributed by atoms with E-state index in [2.05, 4.69) is 16.0 Å². The molecule has 1 unspecified atom stereocenters. The zero-order valence-electron chi connectivity index (χ0n) is 16.0. The van der Waals surface area contributed by atoms with E-state index in [1.807, 2.05) is 36.4 Å². The molecule has 0 aliphatic carbocycles. The predicted octanol–water partition coefficient (Wildman–Crippen LogP) is 0.886. The lowest BCUT2D eigenvalue weighted by atomic mass is 9.92. The summed E-state index contributed by atoms with van der Waals surface area (Å²) in [5.41, 5.74) is 0.333. The van der Waals surface area contributed by atoms with Gasteiger partial charge in [0.05, 0.1) is 6.54 Å². The van der Waals surface area contributed by atoms with Crippen LogP contribution in [0.25, 0.3) is 0 Å². The lowest BCUT2D eigenvalue weighted by Gasteiger charge is -2.22. The Labute approximate surface area is 168 Å². The smallest absolute Gasteiger partial charge is 0.325 e. The van der Waals surface area contributed by atoms with Crippen LogP contribution in [0.2, 0.25) is 0 Å². The second-order valence-corrected chi connectivity index (χ2v) is 6.85. The van der Waals surface area contributed by atoms with Crippen molar-refractivity contribution in [3.63, 3.8) is 0 Å². The molecule has 5 amide bonds. The summed E-state index contributed by atoms with van der Waals surface area (Å²) in [7, 11) is 0. The standard InChI is InChI=1S/C21H22N4O4/c1-21(16-10-6-3-7-11-16)19(28)25(20(29)24-21)14-18(27)23-13-17(26)22-12-15-8-4-2-5-9-15/h2-11H,12-14H2,1H3,(H,22,26)(H,23,27)(H,24,29). The minimum absolute atomic E-state index is 0.245. The van der Waals surface area contributed by atoms with E-state index in [1.54, 1.807) is 31.2 Å². The molecule has 8 heteroatoms. The minimum Gasteiger partial charge on any atom is -0.350 e. The summed E-state index contributed by atoms with van der Waals surface area (Å²) >= 11 is 0. The van der Waals surface area contributed by atoms with Gasteiger partial charge < -0.3 is 16.0 Å². The molecule has 150 valence electrons. The van der Waals surface area contributed by atoms with Gasteiger partial charge in [-0.25, -0.2) is 4.79 Å². The first-order valence-corrected chi connectivity index (χ1v) is 9.17. The van der Waals surface area contributed by atoms with Crippen molar-refractivity contribution >= 4 is 23.8 Å². The Kier molecular flexibility index (Phi) is 5.92. The number of hydrogen-bond acceptors (Lipinski definition) is 4. The summed E-state index contributed by atoms with van der Waals surface area (Å²) in [6.07, 6.45) is 0. The third-order valence-corrected chi connectivity index (χ3v) is 4.71. The molecule has 0 aromatic heterocycles. The molecule has 1 heterocycles. The van der Waals surface area contributed by atoms with Gasteiger partial charge in [0.25, 0.3) is 5.91 Å². The van der Waals surface area contributed by atoms with Gasteiger partial charge in [-0.2, -0.15) is 0 Å². The van der Waals surface area contributed by atoms with Crippen molar-refractivity contribution in [3.05, 3.63) is 71.8 Å². The van der Waals surface area contributed by atoms with Crippen LogP contribution in [0.4, 0.5) is 4.79 Å². The number of carbonyl (C=O) groups excluding carboxylic acids is 4. The van der Waals surface area contributed by atoms with E-state index < -0.39 is 29.9 Å². The number of imide groups is 1. The third-order valence-electron chi connectivity index (χ3n) is 4.71. The second-order valence-electron chi connectivity index (χ2n) is 6.85. The van der Waals surface area contributed by atoms with Gasteiger partial charge in [-0.1, -0.05) is 60.7 Å². The molecule has 0 saturated carbocycles. The fourth-order valence-electron chi connectivity index (χ4n) is 3.05. The largest absolute Gasteiger partial charge is 0.350 e. The Hall–Kier alpha value is -3.68. The molecule has 0 bridgehead atoms. The van der Waals surface area contributed by atoms with Crippen molar-refractivity contribution in [1.29, 1.82) is 0 Å². The fourth-order valence-corrected chi connectivity index (χ4v) is 3.05. The van der Waals surface area contributed by atoms with Crippen molar-refractivity contribution in [2.75, 3.05) is 13.1 Å². The van der Waals surface area contributed by atoms with Crippen LogP contribution in [0.15, 0.2) is 60.7 Å². The van der Waals surface area contributed by atoms with E-state index in [0.717, 1.165) is 10.5 Å². The van der Waals surface area contributed by atoms with Gasteiger partial charge in [-0.15, -0.1) is 0 Å². The minimum atomic E-state index is -1.23. The van der Waals surface area contributed by atoms with E-state index in [4.69, 9.17) is 0 Å². The van der Waals surface area contributed by atoms with Gasteiger partial charge in [-0.05, 0) is 18.1 Å². The molecule has 29 heavy (non-hydrogen) atoms. The molecule has 0 spiro atoms. The monoisotopic (exact) mass is 394 g/mol. The molecular weight excluding hydrogens is 372 g/mol. The average Bonchev–Trinajstić information content (AvgIpc) is 2.96. The van der Waals surface area contributed by atoms with Crippen LogP contribution in [0.1, 0.15) is 18.1 Å². The number of nitrogens with zero attached hydrogens (tertiary/aromatic N) is 1. The number of nitrogens with one attached hydrogen (secondary N) is 3. The topological polar surface area (TPSA) is 108 Å². The van der Waals surface area contributed by atoms with Crippen LogP contribution >= 0.6 is 0 Å². The quantitative estimate of drug-likeness (QED) is 0.606. The highest BCUT2D eigenvalue weighted by molar-refractivity contribution is 6.09. The molecule has 3 rings (SSSR count). The number of urea groups is 1. The zero-order chi connectivity index (χ0) is 20.9. The number of benzene rings is 2. The normalized spacial score (nSPS) is 18.3. The van der Waals surface area contributed by atoms with Crippen LogP contribution < -0.4 is 16.0 Å². The number of rotatable bonds is 7. The molecule has 1 aliphatic rings. The van der Waals surface area contributed by atoms with Crippen LogP contribution in [0.3, 0.4) is 0 Å². The molecule has 1 aliphatic heterocycles. The highest BCUT2D eigenvalue weighted by Gasteiger charge is 2.49. The van der Waals surface area contributed by atoms with Crippen LogP contribution in [-0.4, -0.2) is 41.7 Å². The first-order valence-electron chi connectivity index (χ1n) is 9.17.